The number of ether oxygens (including phenoxy) is 1. The van der Waals surface area contributed by atoms with E-state index in [4.69, 9.17) is 4.74 Å². The van der Waals surface area contributed by atoms with Crippen LogP contribution in [0.3, 0.4) is 0 Å². The van der Waals surface area contributed by atoms with Crippen LogP contribution in [0.15, 0.2) is 0 Å². The Kier molecular flexibility index (Phi) is 3.50. The fourth-order valence-electron chi connectivity index (χ4n) is 2.21. The molecule has 0 aromatic rings. The second kappa shape index (κ2) is 4.72. The number of carbonyl (C=O) groups excluding carboxylic acids is 1. The Bertz CT molecular complexity index is 260. The molecule has 2 atom stereocenters. The maximum atomic E-state index is 11.6. The zero-order valence-corrected chi connectivity index (χ0v) is 10.2. The summed E-state index contributed by atoms with van der Waals surface area (Å²) in [5.74, 6) is 0.817. The van der Waals surface area contributed by atoms with Crippen LogP contribution in [0.4, 0.5) is 0 Å². The van der Waals surface area contributed by atoms with E-state index in [0.717, 1.165) is 19.7 Å². The zero-order chi connectivity index (χ0) is 11.6. The summed E-state index contributed by atoms with van der Waals surface area (Å²) < 4.78 is 5.31. The minimum atomic E-state index is 0.144. The number of nitrogens with one attached hydrogen (secondary N) is 2. The second-order valence-electron chi connectivity index (χ2n) is 5.62. The molecule has 2 N–H and O–H groups in total. The summed E-state index contributed by atoms with van der Waals surface area (Å²) in [6.45, 7) is 7.60. The molecule has 1 aliphatic heterocycles. The molecule has 0 radical (unpaired) electrons. The molecule has 0 spiro atoms. The van der Waals surface area contributed by atoms with Crippen LogP contribution in [0.1, 0.15) is 26.7 Å². The van der Waals surface area contributed by atoms with E-state index < -0.39 is 0 Å². The number of hydrogen-bond donors (Lipinski definition) is 2. The van der Waals surface area contributed by atoms with Crippen molar-refractivity contribution in [2.75, 3.05) is 26.3 Å². The van der Waals surface area contributed by atoms with Gasteiger partial charge in [0.2, 0.25) is 5.91 Å². The van der Waals surface area contributed by atoms with Crippen molar-refractivity contribution in [2.24, 2.45) is 11.3 Å². The predicted molar refractivity (Wildman–Crippen MR) is 62.1 cm³/mol. The summed E-state index contributed by atoms with van der Waals surface area (Å²) in [6.07, 6.45) is 1.77. The lowest BCUT2D eigenvalue weighted by molar-refractivity contribution is -0.122. The first-order chi connectivity index (χ1) is 7.58. The third-order valence-electron chi connectivity index (χ3n) is 3.69. The van der Waals surface area contributed by atoms with Gasteiger partial charge >= 0.3 is 0 Å². The lowest BCUT2D eigenvalue weighted by Crippen LogP contribution is -2.44. The van der Waals surface area contributed by atoms with Crippen molar-refractivity contribution in [3.05, 3.63) is 0 Å². The average molecular weight is 226 g/mol. The smallest absolute Gasteiger partial charge is 0.221 e. The number of rotatable bonds is 4. The van der Waals surface area contributed by atoms with Gasteiger partial charge in [0.25, 0.3) is 0 Å². The average Bonchev–Trinajstić information content (AvgIpc) is 2.85. The Hall–Kier alpha value is -0.610. The number of hydrogen-bond acceptors (Lipinski definition) is 3. The molecule has 2 unspecified atom stereocenters. The summed E-state index contributed by atoms with van der Waals surface area (Å²) in [7, 11) is 0. The Morgan fingerprint density at radius 2 is 2.31 bits per heavy atom. The predicted octanol–water partition coefficient (Wildman–Crippen LogP) is 0.527. The maximum absolute atomic E-state index is 11.6. The fourth-order valence-corrected chi connectivity index (χ4v) is 2.21. The van der Waals surface area contributed by atoms with Crippen LogP contribution in [-0.4, -0.2) is 38.3 Å². The molecule has 2 aliphatic rings. The Labute approximate surface area is 97.1 Å². The van der Waals surface area contributed by atoms with Gasteiger partial charge in [0.05, 0.1) is 13.2 Å². The van der Waals surface area contributed by atoms with Crippen molar-refractivity contribution in [2.45, 2.75) is 32.7 Å². The molecule has 4 nitrogen and oxygen atoms in total. The lowest BCUT2D eigenvalue weighted by atomic mass is 10.1. The van der Waals surface area contributed by atoms with Crippen LogP contribution in [0, 0.1) is 11.3 Å². The molecule has 0 aromatic carbocycles. The molecule has 4 heteroatoms. The van der Waals surface area contributed by atoms with Crippen LogP contribution >= 0.6 is 0 Å². The van der Waals surface area contributed by atoms with E-state index in [1.807, 2.05) is 0 Å². The van der Waals surface area contributed by atoms with Crippen LogP contribution in [0.2, 0.25) is 0 Å². The zero-order valence-electron chi connectivity index (χ0n) is 10.2. The first-order valence-corrected chi connectivity index (χ1v) is 6.16. The highest BCUT2D eigenvalue weighted by molar-refractivity contribution is 5.76. The minimum Gasteiger partial charge on any atom is -0.378 e. The molecule has 1 saturated carbocycles. The van der Waals surface area contributed by atoms with Gasteiger partial charge in [0.1, 0.15) is 0 Å². The normalized spacial score (nSPS) is 32.1. The van der Waals surface area contributed by atoms with Gasteiger partial charge in [-0.2, -0.15) is 0 Å². The summed E-state index contributed by atoms with van der Waals surface area (Å²) >= 11 is 0. The molecule has 1 amide bonds. The molecule has 1 aliphatic carbocycles. The fraction of sp³-hybridized carbons (Fsp3) is 0.917. The van der Waals surface area contributed by atoms with E-state index in [9.17, 15) is 4.79 Å². The summed E-state index contributed by atoms with van der Waals surface area (Å²) in [5, 5.41) is 6.30. The van der Waals surface area contributed by atoms with Gasteiger partial charge in [0, 0.05) is 25.6 Å². The van der Waals surface area contributed by atoms with Gasteiger partial charge in [-0.25, -0.2) is 0 Å². The number of morpholine rings is 1. The van der Waals surface area contributed by atoms with Gasteiger partial charge in [-0.1, -0.05) is 13.8 Å². The highest BCUT2D eigenvalue weighted by Gasteiger charge is 2.45. The molecule has 16 heavy (non-hydrogen) atoms. The monoisotopic (exact) mass is 226 g/mol. The quantitative estimate of drug-likeness (QED) is 0.735. The van der Waals surface area contributed by atoms with Crippen molar-refractivity contribution in [3.63, 3.8) is 0 Å². The molecule has 0 aromatic heterocycles. The van der Waals surface area contributed by atoms with Crippen LogP contribution in [0.25, 0.3) is 0 Å². The molecule has 2 fully saturated rings. The second-order valence-corrected chi connectivity index (χ2v) is 5.62. The molecule has 2 rings (SSSR count). The molecule has 1 saturated heterocycles. The van der Waals surface area contributed by atoms with E-state index in [1.165, 1.54) is 6.42 Å². The first kappa shape index (κ1) is 11.9. The number of amides is 1. The topological polar surface area (TPSA) is 50.4 Å². The largest absolute Gasteiger partial charge is 0.378 e. The number of carbonyl (C=O) groups is 1. The van der Waals surface area contributed by atoms with Crippen molar-refractivity contribution in [1.29, 1.82) is 0 Å². The van der Waals surface area contributed by atoms with E-state index in [-0.39, 0.29) is 11.9 Å². The molecular weight excluding hydrogens is 204 g/mol. The first-order valence-electron chi connectivity index (χ1n) is 6.16. The van der Waals surface area contributed by atoms with Crippen molar-refractivity contribution in [1.82, 2.24) is 10.6 Å². The summed E-state index contributed by atoms with van der Waals surface area (Å²) in [4.78, 5) is 11.6. The Balaban J connectivity index is 1.61. The van der Waals surface area contributed by atoms with Crippen LogP contribution in [-0.2, 0) is 9.53 Å². The lowest BCUT2D eigenvalue weighted by Gasteiger charge is -2.23. The van der Waals surface area contributed by atoms with Gasteiger partial charge in [-0.15, -0.1) is 0 Å². The third-order valence-corrected chi connectivity index (χ3v) is 3.69. The molecule has 1 heterocycles. The van der Waals surface area contributed by atoms with E-state index in [0.29, 0.717) is 24.4 Å². The third kappa shape index (κ3) is 3.19. The highest BCUT2D eigenvalue weighted by Crippen LogP contribution is 2.50. The van der Waals surface area contributed by atoms with E-state index in [1.54, 1.807) is 0 Å². The summed E-state index contributed by atoms with van der Waals surface area (Å²) in [5.41, 5.74) is 0.444. The Morgan fingerprint density at radius 1 is 1.56 bits per heavy atom. The van der Waals surface area contributed by atoms with Gasteiger partial charge in [-0.05, 0) is 17.8 Å². The molecular formula is C12H22N2O2. The van der Waals surface area contributed by atoms with Crippen LogP contribution < -0.4 is 10.6 Å². The highest BCUT2D eigenvalue weighted by atomic mass is 16.5. The maximum Gasteiger partial charge on any atom is 0.221 e. The van der Waals surface area contributed by atoms with Crippen molar-refractivity contribution >= 4 is 5.91 Å². The van der Waals surface area contributed by atoms with Gasteiger partial charge in [0.15, 0.2) is 0 Å². The standard InChI is InChI=1S/C12H22N2O2/c1-12(2)6-9(12)7-14-11(15)5-10-8-16-4-3-13-10/h9-10,13H,3-8H2,1-2H3,(H,14,15). The van der Waals surface area contributed by atoms with Gasteiger partial charge < -0.3 is 15.4 Å². The van der Waals surface area contributed by atoms with E-state index in [2.05, 4.69) is 24.5 Å². The summed E-state index contributed by atoms with van der Waals surface area (Å²) in [6, 6.07) is 0.195. The molecule has 92 valence electrons. The minimum absolute atomic E-state index is 0.144. The Morgan fingerprint density at radius 3 is 2.88 bits per heavy atom. The van der Waals surface area contributed by atoms with E-state index >= 15 is 0 Å². The molecule has 0 bridgehead atoms. The van der Waals surface area contributed by atoms with Gasteiger partial charge in [-0.3, -0.25) is 4.79 Å². The SMILES string of the molecule is CC1(C)CC1CNC(=O)CC1COCCN1. The van der Waals surface area contributed by atoms with Crippen molar-refractivity contribution in [3.8, 4) is 0 Å². The van der Waals surface area contributed by atoms with Crippen LogP contribution in [0.5, 0.6) is 0 Å². The van der Waals surface area contributed by atoms with Crippen molar-refractivity contribution < 1.29 is 9.53 Å².